The Kier molecular flexibility index (Phi) is 6.62. The molecule has 0 unspecified atom stereocenters. The van der Waals surface area contributed by atoms with Gasteiger partial charge >= 0.3 is 0 Å². The lowest BCUT2D eigenvalue weighted by atomic mass is 9.77. The first-order valence-electron chi connectivity index (χ1n) is 11.0. The van der Waals surface area contributed by atoms with E-state index >= 15 is 0 Å². The van der Waals surface area contributed by atoms with Gasteiger partial charge in [-0.05, 0) is 38.3 Å². The molecule has 2 heterocycles. The van der Waals surface area contributed by atoms with E-state index < -0.39 is 11.9 Å². The number of benzene rings is 1. The molecule has 2 aromatic rings. The van der Waals surface area contributed by atoms with Crippen LogP contribution < -0.4 is 21.7 Å². The molecule has 1 amide bonds. The zero-order valence-electron chi connectivity index (χ0n) is 18.3. The van der Waals surface area contributed by atoms with Crippen LogP contribution in [0, 0.1) is 5.95 Å². The summed E-state index contributed by atoms with van der Waals surface area (Å²) in [6.45, 7) is 1.61. The Morgan fingerprint density at radius 1 is 1.25 bits per heavy atom. The average Bonchev–Trinajstić information content (AvgIpc) is 2.77. The van der Waals surface area contributed by atoms with E-state index in [9.17, 15) is 9.18 Å². The third-order valence-electron chi connectivity index (χ3n) is 6.38. The lowest BCUT2D eigenvalue weighted by Crippen LogP contribution is -2.58. The van der Waals surface area contributed by atoms with Crippen LogP contribution in [0.2, 0.25) is 0 Å². The number of carbonyl (C=O) groups is 1. The molecular formula is C24H30FN6O+. The number of halogens is 1. The van der Waals surface area contributed by atoms with Gasteiger partial charge in [0.2, 0.25) is 5.95 Å². The van der Waals surface area contributed by atoms with Crippen LogP contribution >= 0.6 is 0 Å². The van der Waals surface area contributed by atoms with Crippen LogP contribution in [0.3, 0.4) is 0 Å². The van der Waals surface area contributed by atoms with E-state index in [2.05, 4.69) is 49.8 Å². The zero-order chi connectivity index (χ0) is 22.6. The summed E-state index contributed by atoms with van der Waals surface area (Å²) >= 11 is 0. The molecule has 1 aliphatic carbocycles. The Morgan fingerprint density at radius 2 is 2.00 bits per heavy atom. The van der Waals surface area contributed by atoms with Crippen molar-refractivity contribution in [2.24, 2.45) is 5.73 Å². The molecule has 5 N–H and O–H groups in total. The van der Waals surface area contributed by atoms with Crippen molar-refractivity contribution >= 4 is 17.4 Å². The van der Waals surface area contributed by atoms with Crippen LogP contribution in [0.15, 0.2) is 60.4 Å². The van der Waals surface area contributed by atoms with E-state index in [1.165, 1.54) is 17.8 Å². The molecule has 1 aliphatic heterocycles. The van der Waals surface area contributed by atoms with E-state index in [-0.39, 0.29) is 5.54 Å². The lowest BCUT2D eigenvalue weighted by molar-refractivity contribution is -0.562. The number of amidine groups is 1. The number of nitrogens with zero attached hydrogens (tertiary/aromatic N) is 2. The number of aromatic nitrogens is 1. The van der Waals surface area contributed by atoms with E-state index in [1.54, 1.807) is 6.07 Å². The maximum atomic E-state index is 13.6. The first kappa shape index (κ1) is 22.1. The summed E-state index contributed by atoms with van der Waals surface area (Å²) in [6.07, 6.45) is 7.13. The fraction of sp³-hybridized carbons (Fsp3) is 0.375. The smallest absolute Gasteiger partial charge is 0.296 e. The molecule has 0 atom stereocenters. The SMILES string of the molecule is CNCC1([N+]2=C(Nc3ccnc(F)c3)C(C(N)=O)=C2)CCC(NCc2ccccc2)CC1. The van der Waals surface area contributed by atoms with E-state index in [4.69, 9.17) is 5.73 Å². The second-order valence-corrected chi connectivity index (χ2v) is 8.51. The first-order valence-corrected chi connectivity index (χ1v) is 11.0. The Hall–Kier alpha value is -3.10. The van der Waals surface area contributed by atoms with Gasteiger partial charge in [0.1, 0.15) is 17.4 Å². The summed E-state index contributed by atoms with van der Waals surface area (Å²) in [5.74, 6) is -0.467. The van der Waals surface area contributed by atoms with Gasteiger partial charge < -0.3 is 16.4 Å². The highest BCUT2D eigenvalue weighted by Gasteiger charge is 2.47. The van der Waals surface area contributed by atoms with E-state index in [0.717, 1.165) is 38.8 Å². The summed E-state index contributed by atoms with van der Waals surface area (Å²) in [4.78, 5) is 15.6. The summed E-state index contributed by atoms with van der Waals surface area (Å²) in [6, 6.07) is 13.8. The largest absolute Gasteiger partial charge is 0.365 e. The summed E-state index contributed by atoms with van der Waals surface area (Å²) in [7, 11) is 1.94. The number of hydrogen-bond acceptors (Lipinski definition) is 5. The van der Waals surface area contributed by atoms with Crippen molar-refractivity contribution in [3.8, 4) is 0 Å². The molecule has 0 spiro atoms. The van der Waals surface area contributed by atoms with Crippen LogP contribution in [0.1, 0.15) is 31.2 Å². The molecule has 1 fully saturated rings. The lowest BCUT2D eigenvalue weighted by Gasteiger charge is -2.42. The third-order valence-corrected chi connectivity index (χ3v) is 6.38. The Morgan fingerprint density at radius 3 is 2.66 bits per heavy atom. The Bertz CT molecular complexity index is 1030. The van der Waals surface area contributed by atoms with Crippen LogP contribution in [0.5, 0.6) is 0 Å². The number of likely N-dealkylation sites (N-methyl/N-ethyl adjacent to an activating group) is 1. The number of primary amides is 1. The van der Waals surface area contributed by atoms with Crippen LogP contribution in [-0.2, 0) is 11.3 Å². The van der Waals surface area contributed by atoms with Gasteiger partial charge in [-0.15, -0.1) is 0 Å². The third kappa shape index (κ3) is 4.71. The molecule has 1 aromatic carbocycles. The maximum Gasteiger partial charge on any atom is 0.296 e. The quantitative estimate of drug-likeness (QED) is 0.375. The standard InChI is InChI=1S/C24H29FN6O/c1-27-16-24(10-7-18(8-11-24)29-14-17-5-3-2-4-6-17)31-15-20(22(26)32)23(31)30-19-9-12-28-21(25)13-19/h2-6,9,12-13,15,18,27,29H,7-8,10-11,14,16H2,1H3,(H2,26,32)/p+1. The Balaban J connectivity index is 1.50. The topological polar surface area (TPSA) is 95.1 Å². The molecule has 4 rings (SSSR count). The molecule has 8 heteroatoms. The highest BCUT2D eigenvalue weighted by atomic mass is 19.1. The molecule has 1 aromatic heterocycles. The van der Waals surface area contributed by atoms with Gasteiger partial charge in [-0.1, -0.05) is 30.3 Å². The molecular weight excluding hydrogens is 407 g/mol. The number of amides is 1. The Labute approximate surface area is 187 Å². The minimum absolute atomic E-state index is 0.188. The van der Waals surface area contributed by atoms with Gasteiger partial charge in [0.05, 0.1) is 0 Å². The van der Waals surface area contributed by atoms with E-state index in [0.29, 0.717) is 23.1 Å². The predicted octanol–water partition coefficient (Wildman–Crippen LogP) is 2.12. The molecule has 168 valence electrons. The van der Waals surface area contributed by atoms with Crippen molar-refractivity contribution in [2.75, 3.05) is 18.9 Å². The first-order chi connectivity index (χ1) is 15.5. The number of nitrogens with one attached hydrogen (secondary N) is 3. The van der Waals surface area contributed by atoms with Gasteiger partial charge in [-0.3, -0.25) is 4.79 Å². The van der Waals surface area contributed by atoms with Gasteiger partial charge in [0, 0.05) is 37.5 Å². The van der Waals surface area contributed by atoms with E-state index in [1.807, 2.05) is 19.3 Å². The summed E-state index contributed by atoms with van der Waals surface area (Å²) < 4.78 is 15.7. The monoisotopic (exact) mass is 437 g/mol. The fourth-order valence-electron chi connectivity index (χ4n) is 4.67. The minimum Gasteiger partial charge on any atom is -0.365 e. The summed E-state index contributed by atoms with van der Waals surface area (Å²) in [5.41, 5.74) is 7.63. The van der Waals surface area contributed by atoms with Crippen molar-refractivity contribution in [1.82, 2.24) is 15.6 Å². The van der Waals surface area contributed by atoms with Crippen LogP contribution in [0.25, 0.3) is 0 Å². The molecule has 1 saturated carbocycles. The van der Waals surface area contributed by atoms with Crippen LogP contribution in [-0.4, -0.2) is 46.5 Å². The second kappa shape index (κ2) is 9.58. The van der Waals surface area contributed by atoms with Crippen molar-refractivity contribution in [3.63, 3.8) is 0 Å². The van der Waals surface area contributed by atoms with Crippen molar-refractivity contribution in [2.45, 2.75) is 43.8 Å². The number of carbonyl (C=O) groups excluding carboxylic acids is 1. The number of hydrogen-bond donors (Lipinski definition) is 4. The highest BCUT2D eigenvalue weighted by molar-refractivity contribution is 6.24. The summed E-state index contributed by atoms with van der Waals surface area (Å²) in [5, 5.41) is 10.2. The number of pyridine rings is 1. The highest BCUT2D eigenvalue weighted by Crippen LogP contribution is 2.35. The number of rotatable bonds is 8. The van der Waals surface area contributed by atoms with Crippen molar-refractivity contribution in [3.05, 3.63) is 71.9 Å². The van der Waals surface area contributed by atoms with Gasteiger partial charge in [-0.25, -0.2) is 14.9 Å². The zero-order valence-corrected chi connectivity index (χ0v) is 18.3. The van der Waals surface area contributed by atoms with Gasteiger partial charge in [0.25, 0.3) is 11.7 Å². The molecule has 0 radical (unpaired) electrons. The van der Waals surface area contributed by atoms with Crippen molar-refractivity contribution in [1.29, 1.82) is 0 Å². The molecule has 32 heavy (non-hydrogen) atoms. The van der Waals surface area contributed by atoms with Gasteiger partial charge in [-0.2, -0.15) is 4.39 Å². The average molecular weight is 438 g/mol. The van der Waals surface area contributed by atoms with Crippen LogP contribution in [0.4, 0.5) is 10.1 Å². The number of anilines is 1. The van der Waals surface area contributed by atoms with Gasteiger partial charge in [0.15, 0.2) is 5.57 Å². The van der Waals surface area contributed by atoms with Crippen molar-refractivity contribution < 1.29 is 13.8 Å². The fourth-order valence-corrected chi connectivity index (χ4v) is 4.67. The molecule has 2 aliphatic rings. The molecule has 0 bridgehead atoms. The second-order valence-electron chi connectivity index (χ2n) is 8.51. The molecule has 0 saturated heterocycles. The predicted molar refractivity (Wildman–Crippen MR) is 123 cm³/mol. The maximum absolute atomic E-state index is 13.6. The normalized spacial score (nSPS) is 22.8. The number of nitrogens with two attached hydrogens (primary N) is 1. The molecule has 7 nitrogen and oxygen atoms in total. The minimum atomic E-state index is -0.582.